The lowest BCUT2D eigenvalue weighted by Crippen LogP contribution is -2.50. The molecule has 0 radical (unpaired) electrons. The minimum Gasteiger partial charge on any atom is -0.444 e. The van der Waals surface area contributed by atoms with Gasteiger partial charge in [0.15, 0.2) is 0 Å². The molecule has 1 aromatic heterocycles. The molecule has 24 heavy (non-hydrogen) atoms. The van der Waals surface area contributed by atoms with Crippen LogP contribution in [0.4, 0.5) is 4.79 Å². The minimum absolute atomic E-state index is 0.109. The molecule has 1 unspecified atom stereocenters. The number of ether oxygens (including phenoxy) is 1. The first-order valence-electron chi connectivity index (χ1n) is 8.25. The van der Waals surface area contributed by atoms with Crippen LogP contribution in [-0.2, 0) is 4.74 Å². The molecule has 0 saturated carbocycles. The van der Waals surface area contributed by atoms with Crippen LogP contribution >= 0.6 is 0 Å². The lowest BCUT2D eigenvalue weighted by molar-refractivity contribution is 0.0118. The smallest absolute Gasteiger partial charge is 0.410 e. The molecule has 1 aromatic carbocycles. The Kier molecular flexibility index (Phi) is 4.57. The Balaban J connectivity index is 1.90. The first kappa shape index (κ1) is 16.5. The average molecular weight is 328 g/mol. The van der Waals surface area contributed by atoms with Crippen molar-refractivity contribution in [2.24, 2.45) is 0 Å². The highest BCUT2D eigenvalue weighted by molar-refractivity contribution is 5.71. The van der Waals surface area contributed by atoms with Crippen LogP contribution in [0.3, 0.4) is 0 Å². The summed E-state index contributed by atoms with van der Waals surface area (Å²) >= 11 is 0. The Morgan fingerprint density at radius 1 is 1.29 bits per heavy atom. The Labute approximate surface area is 142 Å². The van der Waals surface area contributed by atoms with Crippen LogP contribution in [0, 0.1) is 0 Å². The lowest BCUT2D eigenvalue weighted by atomic mass is 10.00. The molecule has 2 aromatic rings. The standard InChI is InChI=1S/C18H24N4O2/c1-18(2,3)24-17(23)22-10-9-19-12-15(22)14-11-20-21-16(14)13-7-5-4-6-8-13/h4-8,11,15,19H,9-10,12H2,1-3H3,(H,20,21). The second kappa shape index (κ2) is 6.65. The van der Waals surface area contributed by atoms with Gasteiger partial charge in [-0.25, -0.2) is 4.79 Å². The fraction of sp³-hybridized carbons (Fsp3) is 0.444. The van der Waals surface area contributed by atoms with Crippen LogP contribution in [0.25, 0.3) is 11.3 Å². The molecule has 1 atom stereocenters. The molecular formula is C18H24N4O2. The monoisotopic (exact) mass is 328 g/mol. The van der Waals surface area contributed by atoms with Crippen LogP contribution in [0.1, 0.15) is 32.4 Å². The Bertz CT molecular complexity index is 691. The predicted octanol–water partition coefficient (Wildman–Crippen LogP) is 2.96. The van der Waals surface area contributed by atoms with Gasteiger partial charge in [0, 0.05) is 25.2 Å². The molecular weight excluding hydrogens is 304 g/mol. The molecule has 0 aliphatic carbocycles. The van der Waals surface area contributed by atoms with E-state index in [0.29, 0.717) is 13.1 Å². The topological polar surface area (TPSA) is 70.2 Å². The Morgan fingerprint density at radius 3 is 2.75 bits per heavy atom. The fourth-order valence-electron chi connectivity index (χ4n) is 2.91. The Morgan fingerprint density at radius 2 is 2.04 bits per heavy atom. The van der Waals surface area contributed by atoms with Crippen molar-refractivity contribution < 1.29 is 9.53 Å². The van der Waals surface area contributed by atoms with E-state index in [9.17, 15) is 4.79 Å². The molecule has 2 heterocycles. The van der Waals surface area contributed by atoms with Crippen molar-refractivity contribution in [2.75, 3.05) is 19.6 Å². The van der Waals surface area contributed by atoms with Gasteiger partial charge in [-0.15, -0.1) is 0 Å². The highest BCUT2D eigenvalue weighted by Gasteiger charge is 2.33. The van der Waals surface area contributed by atoms with Gasteiger partial charge in [-0.3, -0.25) is 10.00 Å². The summed E-state index contributed by atoms with van der Waals surface area (Å²) in [5.74, 6) is 0. The summed E-state index contributed by atoms with van der Waals surface area (Å²) in [5, 5.41) is 10.6. The second-order valence-corrected chi connectivity index (χ2v) is 6.96. The molecule has 1 saturated heterocycles. The van der Waals surface area contributed by atoms with Crippen molar-refractivity contribution in [3.8, 4) is 11.3 Å². The van der Waals surface area contributed by atoms with Gasteiger partial charge in [0.25, 0.3) is 0 Å². The zero-order valence-corrected chi connectivity index (χ0v) is 14.4. The molecule has 1 fully saturated rings. The number of carbonyl (C=O) groups is 1. The van der Waals surface area contributed by atoms with E-state index in [1.54, 1.807) is 11.1 Å². The predicted molar refractivity (Wildman–Crippen MR) is 92.6 cm³/mol. The molecule has 1 aliphatic heterocycles. The minimum atomic E-state index is -0.509. The third-order valence-electron chi connectivity index (χ3n) is 3.96. The SMILES string of the molecule is CC(C)(C)OC(=O)N1CCNCC1c1cn[nH]c1-c1ccccc1. The first-order chi connectivity index (χ1) is 11.5. The van der Waals surface area contributed by atoms with Crippen molar-refractivity contribution in [2.45, 2.75) is 32.4 Å². The maximum atomic E-state index is 12.6. The zero-order chi connectivity index (χ0) is 17.2. The first-order valence-corrected chi connectivity index (χ1v) is 8.25. The van der Waals surface area contributed by atoms with E-state index in [4.69, 9.17) is 4.74 Å². The number of rotatable bonds is 2. The molecule has 2 N–H and O–H groups in total. The molecule has 3 rings (SSSR count). The summed E-state index contributed by atoms with van der Waals surface area (Å²) in [6.45, 7) is 7.70. The fourth-order valence-corrected chi connectivity index (χ4v) is 2.91. The van der Waals surface area contributed by atoms with E-state index in [0.717, 1.165) is 23.4 Å². The third kappa shape index (κ3) is 3.59. The van der Waals surface area contributed by atoms with Crippen LogP contribution in [0.5, 0.6) is 0 Å². The van der Waals surface area contributed by atoms with Gasteiger partial charge in [-0.1, -0.05) is 30.3 Å². The molecule has 0 spiro atoms. The highest BCUT2D eigenvalue weighted by atomic mass is 16.6. The summed E-state index contributed by atoms with van der Waals surface area (Å²) in [6, 6.07) is 9.92. The summed E-state index contributed by atoms with van der Waals surface area (Å²) in [7, 11) is 0. The van der Waals surface area contributed by atoms with Crippen molar-refractivity contribution >= 4 is 6.09 Å². The van der Waals surface area contributed by atoms with E-state index in [-0.39, 0.29) is 12.1 Å². The number of aromatic nitrogens is 2. The molecule has 1 amide bonds. The maximum Gasteiger partial charge on any atom is 0.410 e. The summed E-state index contributed by atoms with van der Waals surface area (Å²) in [5.41, 5.74) is 2.49. The quantitative estimate of drug-likeness (QED) is 0.889. The zero-order valence-electron chi connectivity index (χ0n) is 14.4. The second-order valence-electron chi connectivity index (χ2n) is 6.96. The van der Waals surface area contributed by atoms with Crippen molar-refractivity contribution in [3.63, 3.8) is 0 Å². The number of nitrogens with one attached hydrogen (secondary N) is 2. The van der Waals surface area contributed by atoms with Gasteiger partial charge in [-0.2, -0.15) is 5.10 Å². The molecule has 128 valence electrons. The molecule has 6 heteroatoms. The van der Waals surface area contributed by atoms with Gasteiger partial charge in [0.1, 0.15) is 5.60 Å². The molecule has 1 aliphatic rings. The number of amides is 1. The third-order valence-corrected chi connectivity index (χ3v) is 3.96. The van der Waals surface area contributed by atoms with Crippen molar-refractivity contribution in [1.82, 2.24) is 20.4 Å². The number of aromatic amines is 1. The van der Waals surface area contributed by atoms with E-state index >= 15 is 0 Å². The molecule has 0 bridgehead atoms. The van der Waals surface area contributed by atoms with Crippen molar-refractivity contribution in [3.05, 3.63) is 42.1 Å². The number of carbonyl (C=O) groups excluding carboxylic acids is 1. The van der Waals surface area contributed by atoms with Gasteiger partial charge in [0.05, 0.1) is 17.9 Å². The van der Waals surface area contributed by atoms with E-state index in [2.05, 4.69) is 15.5 Å². The molecule has 6 nitrogen and oxygen atoms in total. The van der Waals surface area contributed by atoms with Crippen molar-refractivity contribution in [1.29, 1.82) is 0 Å². The van der Waals surface area contributed by atoms with Crippen LogP contribution in [-0.4, -0.2) is 46.4 Å². The normalized spacial score (nSPS) is 18.5. The highest BCUT2D eigenvalue weighted by Crippen LogP contribution is 2.31. The summed E-state index contributed by atoms with van der Waals surface area (Å²) in [4.78, 5) is 14.4. The number of H-pyrrole nitrogens is 1. The Hall–Kier alpha value is -2.34. The van der Waals surface area contributed by atoms with Gasteiger partial charge < -0.3 is 10.1 Å². The number of hydrogen-bond donors (Lipinski definition) is 2. The lowest BCUT2D eigenvalue weighted by Gasteiger charge is -2.37. The summed E-state index contributed by atoms with van der Waals surface area (Å²) < 4.78 is 5.58. The summed E-state index contributed by atoms with van der Waals surface area (Å²) in [6.07, 6.45) is 1.52. The largest absolute Gasteiger partial charge is 0.444 e. The number of piperazine rings is 1. The maximum absolute atomic E-state index is 12.6. The van der Waals surface area contributed by atoms with Gasteiger partial charge in [-0.05, 0) is 26.3 Å². The van der Waals surface area contributed by atoms with E-state index in [1.807, 2.05) is 51.1 Å². The van der Waals surface area contributed by atoms with Crippen LogP contribution in [0.15, 0.2) is 36.5 Å². The van der Waals surface area contributed by atoms with E-state index < -0.39 is 5.60 Å². The number of hydrogen-bond acceptors (Lipinski definition) is 4. The number of nitrogens with zero attached hydrogens (tertiary/aromatic N) is 2. The van der Waals surface area contributed by atoms with Gasteiger partial charge >= 0.3 is 6.09 Å². The average Bonchev–Trinajstić information content (AvgIpc) is 3.03. The van der Waals surface area contributed by atoms with E-state index in [1.165, 1.54) is 0 Å². The van der Waals surface area contributed by atoms with Crippen LogP contribution in [0.2, 0.25) is 0 Å². The van der Waals surface area contributed by atoms with Crippen LogP contribution < -0.4 is 5.32 Å². The number of benzene rings is 1. The van der Waals surface area contributed by atoms with Gasteiger partial charge in [0.2, 0.25) is 0 Å².